The highest BCUT2D eigenvalue weighted by atomic mass is 16.5. The molecule has 8 atom stereocenters. The van der Waals surface area contributed by atoms with Crippen molar-refractivity contribution in [2.24, 2.45) is 28.6 Å². The van der Waals surface area contributed by atoms with Gasteiger partial charge in [-0.1, -0.05) is 43.7 Å². The lowest BCUT2D eigenvalue weighted by Gasteiger charge is -2.62. The number of fused-ring (bicyclic) bond motifs is 5. The monoisotopic (exact) mass is 452 g/mol. The van der Waals surface area contributed by atoms with E-state index in [2.05, 4.69) is 13.0 Å². The number of Topliss-reactive ketones (excluding diaryl/α,β-unsaturated/α-hetero) is 1. The van der Waals surface area contributed by atoms with Gasteiger partial charge in [0.05, 0.1) is 17.3 Å². The van der Waals surface area contributed by atoms with Crippen molar-refractivity contribution >= 4 is 11.8 Å². The molecule has 2 N–H and O–H groups in total. The largest absolute Gasteiger partial charge is 0.458 e. The predicted octanol–water partition coefficient (Wildman–Crippen LogP) is 4.47. The molecular formula is C28H36O5. The Hall–Kier alpha value is -1.98. The van der Waals surface area contributed by atoms with Gasteiger partial charge in [-0.25, -0.2) is 4.79 Å². The Morgan fingerprint density at radius 2 is 1.79 bits per heavy atom. The minimum Gasteiger partial charge on any atom is -0.458 e. The molecule has 5 rings (SSSR count). The number of carbonyl (C=O) groups is 2. The number of hydrogen-bond donors (Lipinski definition) is 2. The van der Waals surface area contributed by atoms with E-state index in [1.54, 1.807) is 19.1 Å². The summed E-state index contributed by atoms with van der Waals surface area (Å²) in [5.74, 6) is -0.507. The first-order chi connectivity index (χ1) is 15.6. The zero-order valence-corrected chi connectivity index (χ0v) is 19.9. The van der Waals surface area contributed by atoms with Crippen molar-refractivity contribution in [2.75, 3.05) is 0 Å². The van der Waals surface area contributed by atoms with Crippen molar-refractivity contribution in [1.82, 2.24) is 0 Å². The van der Waals surface area contributed by atoms with Crippen molar-refractivity contribution < 1.29 is 24.5 Å². The van der Waals surface area contributed by atoms with Gasteiger partial charge < -0.3 is 14.9 Å². The molecular weight excluding hydrogens is 416 g/mol. The topological polar surface area (TPSA) is 83.8 Å². The minimum absolute atomic E-state index is 0.0162. The standard InChI is InChI=1S/C28H36O5/c1-17(29)21-12-14-28(32)22-10-9-19-15-20(30)11-13-26(19,2)23(22)16-24(27(21,28)3)33-25(31)18-7-5-4-6-8-18/h4-9,20-24,30,32H,10-16H2,1-3H3/t20-,21+,22-,23-,24+,26-,27-,28-/m0/s1. The van der Waals surface area contributed by atoms with Crippen LogP contribution in [0.15, 0.2) is 42.0 Å². The zero-order valence-electron chi connectivity index (χ0n) is 19.9. The molecule has 0 radical (unpaired) electrons. The number of rotatable bonds is 3. The zero-order chi connectivity index (χ0) is 23.6. The van der Waals surface area contributed by atoms with Crippen molar-refractivity contribution in [1.29, 1.82) is 0 Å². The Morgan fingerprint density at radius 3 is 2.48 bits per heavy atom. The van der Waals surface area contributed by atoms with Gasteiger partial charge in [-0.3, -0.25) is 4.79 Å². The molecule has 3 saturated carbocycles. The fourth-order valence-corrected chi connectivity index (χ4v) is 8.15. The van der Waals surface area contributed by atoms with E-state index in [0.29, 0.717) is 31.2 Å². The summed E-state index contributed by atoms with van der Waals surface area (Å²) in [6.07, 6.45) is 6.25. The second-order valence-electron chi connectivity index (χ2n) is 11.4. The Kier molecular flexibility index (Phi) is 5.37. The Morgan fingerprint density at radius 1 is 1.06 bits per heavy atom. The van der Waals surface area contributed by atoms with Gasteiger partial charge in [-0.15, -0.1) is 0 Å². The maximum Gasteiger partial charge on any atom is 0.338 e. The van der Waals surface area contributed by atoms with E-state index in [0.717, 1.165) is 19.3 Å². The summed E-state index contributed by atoms with van der Waals surface area (Å²) in [5, 5.41) is 22.7. The summed E-state index contributed by atoms with van der Waals surface area (Å²) >= 11 is 0. The smallest absolute Gasteiger partial charge is 0.338 e. The van der Waals surface area contributed by atoms with E-state index in [-0.39, 0.29) is 35.1 Å². The summed E-state index contributed by atoms with van der Waals surface area (Å²) < 4.78 is 6.21. The molecule has 0 bridgehead atoms. The molecule has 33 heavy (non-hydrogen) atoms. The second-order valence-corrected chi connectivity index (χ2v) is 11.4. The average Bonchev–Trinajstić information content (AvgIpc) is 3.08. The van der Waals surface area contributed by atoms with Crippen molar-refractivity contribution in [3.05, 3.63) is 47.5 Å². The third-order valence-electron chi connectivity index (χ3n) is 10.1. The van der Waals surface area contributed by atoms with Crippen LogP contribution < -0.4 is 0 Å². The second kappa shape index (κ2) is 7.78. The van der Waals surface area contributed by atoms with E-state index in [4.69, 9.17) is 4.74 Å². The molecule has 1 aromatic rings. The molecule has 0 saturated heterocycles. The highest BCUT2D eigenvalue weighted by molar-refractivity contribution is 5.89. The number of aliphatic hydroxyl groups is 2. The average molecular weight is 453 g/mol. The number of ketones is 1. The van der Waals surface area contributed by atoms with E-state index in [1.807, 2.05) is 25.1 Å². The molecule has 0 heterocycles. The van der Waals surface area contributed by atoms with E-state index < -0.39 is 23.1 Å². The molecule has 0 amide bonds. The van der Waals surface area contributed by atoms with Gasteiger partial charge in [-0.05, 0) is 81.3 Å². The van der Waals surface area contributed by atoms with Gasteiger partial charge in [-0.2, -0.15) is 0 Å². The Balaban J connectivity index is 1.57. The predicted molar refractivity (Wildman–Crippen MR) is 124 cm³/mol. The first kappa shape index (κ1) is 22.8. The summed E-state index contributed by atoms with van der Waals surface area (Å²) in [6.45, 7) is 5.85. The first-order valence-electron chi connectivity index (χ1n) is 12.5. The molecule has 0 unspecified atom stereocenters. The van der Waals surface area contributed by atoms with Crippen molar-refractivity contribution in [3.8, 4) is 0 Å². The van der Waals surface area contributed by atoms with Crippen LogP contribution in [-0.2, 0) is 9.53 Å². The van der Waals surface area contributed by atoms with Gasteiger partial charge >= 0.3 is 5.97 Å². The van der Waals surface area contributed by atoms with Crippen LogP contribution in [0.4, 0.5) is 0 Å². The molecule has 5 heteroatoms. The fourth-order valence-electron chi connectivity index (χ4n) is 8.15. The SMILES string of the molecule is CC(=O)[C@H]1CC[C@]2(O)[C@H]3CC=C4C[C@@H](O)CC[C@]4(C)[C@H]3C[C@@H](OC(=O)c3ccccc3)[C@]12C. The molecule has 5 nitrogen and oxygen atoms in total. The number of allylic oxidation sites excluding steroid dienone is 1. The Bertz CT molecular complexity index is 985. The van der Waals surface area contributed by atoms with Gasteiger partial charge in [0.1, 0.15) is 11.9 Å². The van der Waals surface area contributed by atoms with Crippen LogP contribution in [0.2, 0.25) is 0 Å². The summed E-state index contributed by atoms with van der Waals surface area (Å²) in [7, 11) is 0. The lowest BCUT2D eigenvalue weighted by atomic mass is 9.45. The maximum atomic E-state index is 13.2. The number of carbonyl (C=O) groups excluding carboxylic acids is 2. The van der Waals surface area contributed by atoms with Gasteiger partial charge in [0, 0.05) is 11.3 Å². The molecule has 1 aromatic carbocycles. The van der Waals surface area contributed by atoms with Crippen LogP contribution in [0.1, 0.15) is 76.1 Å². The summed E-state index contributed by atoms with van der Waals surface area (Å²) in [5.41, 5.74) is -0.260. The van der Waals surface area contributed by atoms with Crippen LogP contribution in [0.3, 0.4) is 0 Å². The lowest BCUT2D eigenvalue weighted by Crippen LogP contribution is -2.66. The third kappa shape index (κ3) is 3.19. The number of aliphatic hydroxyl groups excluding tert-OH is 1. The number of benzene rings is 1. The highest BCUT2D eigenvalue weighted by Gasteiger charge is 2.71. The van der Waals surface area contributed by atoms with Crippen LogP contribution in [0.5, 0.6) is 0 Å². The third-order valence-corrected chi connectivity index (χ3v) is 10.1. The van der Waals surface area contributed by atoms with Crippen molar-refractivity contribution in [3.63, 3.8) is 0 Å². The number of ether oxygens (including phenoxy) is 1. The quantitative estimate of drug-likeness (QED) is 0.522. The molecule has 4 aliphatic rings. The van der Waals surface area contributed by atoms with Gasteiger partial charge in [0.15, 0.2) is 0 Å². The van der Waals surface area contributed by atoms with Gasteiger partial charge in [0.2, 0.25) is 0 Å². The van der Waals surface area contributed by atoms with Gasteiger partial charge in [0.25, 0.3) is 0 Å². The molecule has 0 aromatic heterocycles. The van der Waals surface area contributed by atoms with Crippen LogP contribution in [0.25, 0.3) is 0 Å². The van der Waals surface area contributed by atoms with Crippen LogP contribution in [0, 0.1) is 28.6 Å². The minimum atomic E-state index is -1.07. The molecule has 3 fully saturated rings. The molecule has 0 spiro atoms. The normalized spacial score (nSPS) is 44.2. The van der Waals surface area contributed by atoms with Crippen molar-refractivity contribution in [2.45, 2.75) is 83.5 Å². The summed E-state index contributed by atoms with van der Waals surface area (Å²) in [4.78, 5) is 25.9. The van der Waals surface area contributed by atoms with E-state index >= 15 is 0 Å². The molecule has 0 aliphatic heterocycles. The lowest BCUT2D eigenvalue weighted by molar-refractivity contribution is -0.224. The first-order valence-corrected chi connectivity index (χ1v) is 12.5. The van der Waals surface area contributed by atoms with Crippen LogP contribution >= 0.6 is 0 Å². The molecule has 178 valence electrons. The van der Waals surface area contributed by atoms with E-state index in [9.17, 15) is 19.8 Å². The highest BCUT2D eigenvalue weighted by Crippen LogP contribution is 2.68. The van der Waals surface area contributed by atoms with E-state index in [1.165, 1.54) is 5.57 Å². The Labute approximate surface area is 196 Å². The van der Waals surface area contributed by atoms with Crippen LogP contribution in [-0.4, -0.2) is 39.8 Å². The number of hydrogen-bond acceptors (Lipinski definition) is 5. The molecule has 4 aliphatic carbocycles. The maximum absolute atomic E-state index is 13.2. The fraction of sp³-hybridized carbons (Fsp3) is 0.643. The summed E-state index contributed by atoms with van der Waals surface area (Å²) in [6, 6.07) is 8.97. The number of esters is 1.